The van der Waals surface area contributed by atoms with Crippen LogP contribution in [0.5, 0.6) is 0 Å². The lowest BCUT2D eigenvalue weighted by Gasteiger charge is -2.10. The smallest absolute Gasteiger partial charge is 0.343 e. The summed E-state index contributed by atoms with van der Waals surface area (Å²) < 4.78 is 64.3. The second-order valence-electron chi connectivity index (χ2n) is 5.41. The van der Waals surface area contributed by atoms with Crippen LogP contribution >= 0.6 is 0 Å². The van der Waals surface area contributed by atoms with Gasteiger partial charge < -0.3 is 9.15 Å². The van der Waals surface area contributed by atoms with Crippen LogP contribution in [0.15, 0.2) is 64.1 Å². The minimum atomic E-state index is -4.10. The van der Waals surface area contributed by atoms with Crippen molar-refractivity contribution in [3.63, 3.8) is 0 Å². The Kier molecular flexibility index (Phi) is 4.95. The van der Waals surface area contributed by atoms with Gasteiger partial charge in [-0.1, -0.05) is 0 Å². The highest BCUT2D eigenvalue weighted by Crippen LogP contribution is 2.25. The van der Waals surface area contributed by atoms with E-state index in [1.807, 2.05) is 0 Å². The molecule has 0 unspecified atom stereocenters. The number of hydrogen-bond donors (Lipinski definition) is 1. The number of benzene rings is 2. The molecule has 0 saturated carbocycles. The summed E-state index contributed by atoms with van der Waals surface area (Å²) in [5, 5.41) is 0. The van der Waals surface area contributed by atoms with E-state index in [1.165, 1.54) is 30.5 Å². The molecule has 3 aromatic rings. The van der Waals surface area contributed by atoms with E-state index in [2.05, 4.69) is 9.46 Å². The molecule has 140 valence electrons. The van der Waals surface area contributed by atoms with Gasteiger partial charge in [-0.15, -0.1) is 0 Å². The lowest BCUT2D eigenvalue weighted by atomic mass is 10.2. The molecule has 0 spiro atoms. The number of ether oxygens (including phenoxy) is 1. The number of carbonyl (C=O) groups excluding carboxylic acids is 1. The number of methoxy groups -OCH3 is 1. The molecule has 1 heterocycles. The SMILES string of the molecule is COC(=O)c1c(F)cc(NS(=O)(=O)c2ccc(-c3ccco3)cc2)cc1F. The number of esters is 1. The molecule has 0 saturated heterocycles. The lowest BCUT2D eigenvalue weighted by Crippen LogP contribution is -2.15. The molecular formula is C18H13F2NO5S. The van der Waals surface area contributed by atoms with Gasteiger partial charge >= 0.3 is 5.97 Å². The standard InChI is InChI=1S/C18H13F2NO5S/c1-25-18(22)17-14(19)9-12(10-15(17)20)21-27(23,24)13-6-4-11(5-7-13)16-3-2-8-26-16/h2-10,21H,1H3. The quantitative estimate of drug-likeness (QED) is 0.666. The maximum absolute atomic E-state index is 13.9. The number of furan rings is 1. The number of rotatable bonds is 5. The van der Waals surface area contributed by atoms with Gasteiger partial charge in [-0.05, 0) is 48.5 Å². The summed E-state index contributed by atoms with van der Waals surface area (Å²) in [5.41, 5.74) is -0.602. The van der Waals surface area contributed by atoms with Crippen LogP contribution in [-0.4, -0.2) is 21.5 Å². The van der Waals surface area contributed by atoms with Crippen molar-refractivity contribution in [2.45, 2.75) is 4.90 Å². The van der Waals surface area contributed by atoms with E-state index in [0.29, 0.717) is 23.5 Å². The molecule has 3 rings (SSSR count). The molecule has 0 atom stereocenters. The molecule has 0 bridgehead atoms. The zero-order valence-electron chi connectivity index (χ0n) is 13.9. The minimum absolute atomic E-state index is 0.115. The topological polar surface area (TPSA) is 85.6 Å². The van der Waals surface area contributed by atoms with Gasteiger partial charge in [-0.25, -0.2) is 22.0 Å². The molecule has 0 radical (unpaired) electrons. The highest BCUT2D eigenvalue weighted by atomic mass is 32.2. The van der Waals surface area contributed by atoms with E-state index in [-0.39, 0.29) is 10.6 Å². The zero-order valence-corrected chi connectivity index (χ0v) is 14.7. The van der Waals surface area contributed by atoms with Crippen LogP contribution < -0.4 is 4.72 Å². The molecule has 1 N–H and O–H groups in total. The van der Waals surface area contributed by atoms with E-state index in [0.717, 1.165) is 7.11 Å². The van der Waals surface area contributed by atoms with Gasteiger partial charge in [-0.3, -0.25) is 4.72 Å². The fraction of sp³-hybridized carbons (Fsp3) is 0.0556. The lowest BCUT2D eigenvalue weighted by molar-refractivity contribution is 0.0590. The largest absolute Gasteiger partial charge is 0.465 e. The van der Waals surface area contributed by atoms with E-state index in [4.69, 9.17) is 4.42 Å². The van der Waals surface area contributed by atoms with Crippen LogP contribution in [0, 0.1) is 11.6 Å². The maximum Gasteiger partial charge on any atom is 0.343 e. The average molecular weight is 393 g/mol. The molecule has 0 amide bonds. The third-order valence-corrected chi connectivity index (χ3v) is 5.05. The molecule has 0 aliphatic rings. The van der Waals surface area contributed by atoms with Crippen LogP contribution in [-0.2, 0) is 14.8 Å². The summed E-state index contributed by atoms with van der Waals surface area (Å²) in [6.07, 6.45) is 1.49. The Morgan fingerprint density at radius 3 is 2.22 bits per heavy atom. The summed E-state index contributed by atoms with van der Waals surface area (Å²) in [6.45, 7) is 0. The number of sulfonamides is 1. The third-order valence-electron chi connectivity index (χ3n) is 3.65. The summed E-state index contributed by atoms with van der Waals surface area (Å²) >= 11 is 0. The van der Waals surface area contributed by atoms with Crippen molar-refractivity contribution in [3.05, 3.63) is 72.0 Å². The molecule has 6 nitrogen and oxygen atoms in total. The Balaban J connectivity index is 1.87. The van der Waals surface area contributed by atoms with E-state index in [9.17, 15) is 22.0 Å². The van der Waals surface area contributed by atoms with Gasteiger partial charge in [0.05, 0.1) is 24.0 Å². The van der Waals surface area contributed by atoms with Crippen LogP contribution in [0.4, 0.5) is 14.5 Å². The first-order chi connectivity index (χ1) is 12.8. The van der Waals surface area contributed by atoms with E-state index < -0.39 is 33.2 Å². The molecule has 0 aliphatic carbocycles. The third kappa shape index (κ3) is 3.82. The van der Waals surface area contributed by atoms with Crippen LogP contribution in [0.3, 0.4) is 0 Å². The van der Waals surface area contributed by atoms with Crippen LogP contribution in [0.2, 0.25) is 0 Å². The van der Waals surface area contributed by atoms with Gasteiger partial charge in [0.2, 0.25) is 0 Å². The van der Waals surface area contributed by atoms with E-state index >= 15 is 0 Å². The van der Waals surface area contributed by atoms with Gasteiger partial charge in [0, 0.05) is 5.56 Å². The predicted molar refractivity (Wildman–Crippen MR) is 92.7 cm³/mol. The van der Waals surface area contributed by atoms with Gasteiger partial charge in [0.1, 0.15) is 23.0 Å². The second kappa shape index (κ2) is 7.20. The van der Waals surface area contributed by atoms with Crippen molar-refractivity contribution in [2.24, 2.45) is 0 Å². The summed E-state index contributed by atoms with van der Waals surface area (Å²) in [6, 6.07) is 10.5. The van der Waals surface area contributed by atoms with Gasteiger partial charge in [0.15, 0.2) is 0 Å². The fourth-order valence-corrected chi connectivity index (χ4v) is 3.42. The normalized spacial score (nSPS) is 11.2. The molecule has 0 fully saturated rings. The monoisotopic (exact) mass is 393 g/mol. The van der Waals surface area contributed by atoms with Crippen molar-refractivity contribution in [1.29, 1.82) is 0 Å². The molecule has 1 aromatic heterocycles. The Morgan fingerprint density at radius 1 is 1.07 bits per heavy atom. The van der Waals surface area contributed by atoms with Crippen molar-refractivity contribution in [3.8, 4) is 11.3 Å². The molecule has 2 aromatic carbocycles. The first kappa shape index (κ1) is 18.6. The maximum atomic E-state index is 13.9. The first-order valence-corrected chi connectivity index (χ1v) is 9.04. The zero-order chi connectivity index (χ0) is 19.6. The highest BCUT2D eigenvalue weighted by molar-refractivity contribution is 7.92. The van der Waals surface area contributed by atoms with Crippen molar-refractivity contribution < 1.29 is 31.1 Å². The van der Waals surface area contributed by atoms with Crippen molar-refractivity contribution in [1.82, 2.24) is 0 Å². The van der Waals surface area contributed by atoms with Crippen molar-refractivity contribution >= 4 is 21.7 Å². The van der Waals surface area contributed by atoms with Crippen LogP contribution in [0.1, 0.15) is 10.4 Å². The number of hydrogen-bond acceptors (Lipinski definition) is 5. The number of halogens is 2. The van der Waals surface area contributed by atoms with Gasteiger partial charge in [0.25, 0.3) is 10.0 Å². The number of carbonyl (C=O) groups is 1. The molecule has 0 aliphatic heterocycles. The molecular weight excluding hydrogens is 380 g/mol. The molecule has 27 heavy (non-hydrogen) atoms. The van der Waals surface area contributed by atoms with Crippen molar-refractivity contribution in [2.75, 3.05) is 11.8 Å². The minimum Gasteiger partial charge on any atom is -0.465 e. The summed E-state index contributed by atoms with van der Waals surface area (Å²) in [4.78, 5) is 11.2. The Hall–Kier alpha value is -3.20. The average Bonchev–Trinajstić information content (AvgIpc) is 3.15. The Bertz CT molecular complexity index is 1050. The Labute approximate surface area is 153 Å². The van der Waals surface area contributed by atoms with Crippen LogP contribution in [0.25, 0.3) is 11.3 Å². The predicted octanol–water partition coefficient (Wildman–Crippen LogP) is 3.81. The number of anilines is 1. The number of nitrogens with one attached hydrogen (secondary N) is 1. The van der Waals surface area contributed by atoms with E-state index in [1.54, 1.807) is 12.1 Å². The second-order valence-corrected chi connectivity index (χ2v) is 7.10. The summed E-state index contributed by atoms with van der Waals surface area (Å²) in [7, 11) is -3.12. The Morgan fingerprint density at radius 2 is 1.70 bits per heavy atom. The van der Waals surface area contributed by atoms with Gasteiger partial charge in [-0.2, -0.15) is 0 Å². The molecule has 9 heteroatoms. The fourth-order valence-electron chi connectivity index (χ4n) is 2.38. The first-order valence-electron chi connectivity index (χ1n) is 7.56. The highest BCUT2D eigenvalue weighted by Gasteiger charge is 2.22. The summed E-state index contributed by atoms with van der Waals surface area (Å²) in [5.74, 6) is -3.12.